The van der Waals surface area contributed by atoms with Gasteiger partial charge in [0.05, 0.1) is 4.83 Å². The van der Waals surface area contributed by atoms with Crippen molar-refractivity contribution in [2.45, 2.75) is 31.5 Å². The van der Waals surface area contributed by atoms with Gasteiger partial charge < -0.3 is 0 Å². The van der Waals surface area contributed by atoms with E-state index in [-0.39, 0.29) is 4.83 Å². The summed E-state index contributed by atoms with van der Waals surface area (Å²) in [6, 6.07) is 15.6. The van der Waals surface area contributed by atoms with E-state index in [2.05, 4.69) is 94.8 Å². The van der Waals surface area contributed by atoms with Crippen LogP contribution in [0.1, 0.15) is 40.9 Å². The van der Waals surface area contributed by atoms with Crippen LogP contribution in [0, 0.1) is 3.57 Å². The van der Waals surface area contributed by atoms with Gasteiger partial charge in [-0.25, -0.2) is 0 Å². The number of halogens is 2. The third kappa shape index (κ3) is 3.60. The second-order valence-corrected chi connectivity index (χ2v) is 6.82. The fraction of sp³-hybridized carbons (Fsp3) is 0.294. The molecule has 0 amide bonds. The second-order valence-electron chi connectivity index (χ2n) is 4.66. The van der Waals surface area contributed by atoms with Crippen LogP contribution in [0.3, 0.4) is 0 Å². The molecule has 2 heteroatoms. The SMILES string of the molecule is CCc1ccc(CC)c(C(Br)c2cccc(I)c2)c1. The monoisotopic (exact) mass is 428 g/mol. The first kappa shape index (κ1) is 15.0. The van der Waals surface area contributed by atoms with E-state index in [4.69, 9.17) is 0 Å². The number of hydrogen-bond acceptors (Lipinski definition) is 0. The Balaban J connectivity index is 2.44. The van der Waals surface area contributed by atoms with Gasteiger partial charge in [-0.2, -0.15) is 0 Å². The van der Waals surface area contributed by atoms with Gasteiger partial charge in [-0.15, -0.1) is 0 Å². The molecule has 0 aliphatic rings. The van der Waals surface area contributed by atoms with Crippen molar-refractivity contribution in [2.24, 2.45) is 0 Å². The molecule has 1 atom stereocenters. The molecular weight excluding hydrogens is 411 g/mol. The molecule has 0 radical (unpaired) electrons. The topological polar surface area (TPSA) is 0 Å². The Morgan fingerprint density at radius 2 is 1.84 bits per heavy atom. The van der Waals surface area contributed by atoms with Crippen LogP contribution in [0.5, 0.6) is 0 Å². The van der Waals surface area contributed by atoms with E-state index >= 15 is 0 Å². The molecule has 0 heterocycles. The lowest BCUT2D eigenvalue weighted by Crippen LogP contribution is -2.00. The van der Waals surface area contributed by atoms with E-state index in [1.165, 1.54) is 25.8 Å². The van der Waals surface area contributed by atoms with Gasteiger partial charge in [-0.3, -0.25) is 0 Å². The maximum Gasteiger partial charge on any atom is 0.0647 e. The second kappa shape index (κ2) is 6.89. The van der Waals surface area contributed by atoms with Crippen LogP contribution in [0.25, 0.3) is 0 Å². The van der Waals surface area contributed by atoms with Crippen molar-refractivity contribution >= 4 is 38.5 Å². The minimum atomic E-state index is 0.281. The molecule has 0 nitrogen and oxygen atoms in total. The summed E-state index contributed by atoms with van der Waals surface area (Å²) in [5.41, 5.74) is 5.57. The zero-order valence-electron chi connectivity index (χ0n) is 11.3. The number of hydrogen-bond donors (Lipinski definition) is 0. The van der Waals surface area contributed by atoms with Crippen molar-refractivity contribution in [2.75, 3.05) is 0 Å². The first-order chi connectivity index (χ1) is 9.15. The molecule has 100 valence electrons. The molecule has 0 aliphatic heterocycles. The van der Waals surface area contributed by atoms with Crippen molar-refractivity contribution in [3.8, 4) is 0 Å². The fourth-order valence-electron chi connectivity index (χ4n) is 2.27. The van der Waals surface area contributed by atoms with Gasteiger partial charge in [0.2, 0.25) is 0 Å². The zero-order chi connectivity index (χ0) is 13.8. The lowest BCUT2D eigenvalue weighted by Gasteiger charge is -2.16. The first-order valence-electron chi connectivity index (χ1n) is 6.67. The largest absolute Gasteiger partial charge is 0.0786 e. The molecule has 1 unspecified atom stereocenters. The highest BCUT2D eigenvalue weighted by molar-refractivity contribution is 14.1. The normalized spacial score (nSPS) is 12.4. The lowest BCUT2D eigenvalue weighted by molar-refractivity contribution is 1.03. The van der Waals surface area contributed by atoms with Gasteiger partial charge >= 0.3 is 0 Å². The molecule has 0 N–H and O–H groups in total. The fourth-order valence-corrected chi connectivity index (χ4v) is 3.54. The van der Waals surface area contributed by atoms with E-state index in [0.717, 1.165) is 12.8 Å². The standard InChI is InChI=1S/C17H18BrI/c1-3-12-8-9-13(4-2)16(10-12)17(18)14-6-5-7-15(19)11-14/h5-11,17H,3-4H2,1-2H3. The Labute approximate surface area is 137 Å². The van der Waals surface area contributed by atoms with Crippen LogP contribution < -0.4 is 0 Å². The highest BCUT2D eigenvalue weighted by Gasteiger charge is 2.14. The van der Waals surface area contributed by atoms with Crippen LogP contribution in [-0.2, 0) is 12.8 Å². The Morgan fingerprint density at radius 1 is 1.05 bits per heavy atom. The van der Waals surface area contributed by atoms with Gasteiger partial charge in [-0.05, 0) is 69.8 Å². The predicted octanol–water partition coefficient (Wildman–Crippen LogP) is 5.90. The van der Waals surface area contributed by atoms with Gasteiger partial charge in [0.1, 0.15) is 0 Å². The highest BCUT2D eigenvalue weighted by Crippen LogP contribution is 2.34. The Kier molecular flexibility index (Phi) is 5.46. The summed E-state index contributed by atoms with van der Waals surface area (Å²) in [4.78, 5) is 0.281. The Morgan fingerprint density at radius 3 is 2.47 bits per heavy atom. The summed E-state index contributed by atoms with van der Waals surface area (Å²) in [5.74, 6) is 0. The van der Waals surface area contributed by atoms with E-state index in [0.29, 0.717) is 0 Å². The molecular formula is C17H18BrI. The van der Waals surface area contributed by atoms with Gasteiger partial charge in [-0.1, -0.05) is 60.1 Å². The third-order valence-corrected chi connectivity index (χ3v) is 5.11. The van der Waals surface area contributed by atoms with Crippen molar-refractivity contribution < 1.29 is 0 Å². The molecule has 0 saturated carbocycles. The summed E-state index contributed by atoms with van der Waals surface area (Å²) in [6.45, 7) is 4.43. The average Bonchev–Trinajstić information content (AvgIpc) is 2.45. The van der Waals surface area contributed by atoms with Crippen LogP contribution in [0.2, 0.25) is 0 Å². The minimum absolute atomic E-state index is 0.281. The number of alkyl halides is 1. The molecule has 19 heavy (non-hydrogen) atoms. The Hall–Kier alpha value is -0.350. The van der Waals surface area contributed by atoms with Crippen molar-refractivity contribution in [1.29, 1.82) is 0 Å². The third-order valence-electron chi connectivity index (χ3n) is 3.41. The average molecular weight is 429 g/mol. The smallest absolute Gasteiger partial charge is 0.0647 e. The van der Waals surface area contributed by atoms with E-state index < -0.39 is 0 Å². The lowest BCUT2D eigenvalue weighted by atomic mass is 9.95. The first-order valence-corrected chi connectivity index (χ1v) is 8.66. The van der Waals surface area contributed by atoms with Crippen molar-refractivity contribution in [3.05, 3.63) is 68.3 Å². The number of benzene rings is 2. The van der Waals surface area contributed by atoms with Crippen LogP contribution in [0.15, 0.2) is 42.5 Å². The minimum Gasteiger partial charge on any atom is -0.0786 e. The number of rotatable bonds is 4. The van der Waals surface area contributed by atoms with Gasteiger partial charge in [0.25, 0.3) is 0 Å². The summed E-state index contributed by atoms with van der Waals surface area (Å²) in [5, 5.41) is 0. The van der Waals surface area contributed by atoms with Crippen molar-refractivity contribution in [1.82, 2.24) is 0 Å². The van der Waals surface area contributed by atoms with Crippen LogP contribution in [0.4, 0.5) is 0 Å². The molecule has 0 saturated heterocycles. The molecule has 0 fully saturated rings. The van der Waals surface area contributed by atoms with E-state index in [1.54, 1.807) is 0 Å². The summed E-state index contributed by atoms with van der Waals surface area (Å²) in [7, 11) is 0. The molecule has 2 aromatic rings. The Bertz CT molecular complexity index is 563. The maximum atomic E-state index is 3.88. The van der Waals surface area contributed by atoms with Crippen molar-refractivity contribution in [3.63, 3.8) is 0 Å². The summed E-state index contributed by atoms with van der Waals surface area (Å²) in [6.07, 6.45) is 2.16. The van der Waals surface area contributed by atoms with E-state index in [1.807, 2.05) is 0 Å². The molecule has 0 spiro atoms. The quantitative estimate of drug-likeness (QED) is 0.420. The van der Waals surface area contributed by atoms with Gasteiger partial charge in [0.15, 0.2) is 0 Å². The molecule has 0 aliphatic carbocycles. The number of aryl methyl sites for hydroxylation is 2. The molecule has 2 aromatic carbocycles. The maximum absolute atomic E-state index is 3.88. The van der Waals surface area contributed by atoms with Crippen LogP contribution in [-0.4, -0.2) is 0 Å². The summed E-state index contributed by atoms with van der Waals surface area (Å²) >= 11 is 6.25. The van der Waals surface area contributed by atoms with E-state index in [9.17, 15) is 0 Å². The molecule has 0 bridgehead atoms. The van der Waals surface area contributed by atoms with Gasteiger partial charge in [0, 0.05) is 3.57 Å². The van der Waals surface area contributed by atoms with Crippen LogP contribution >= 0.6 is 38.5 Å². The molecule has 0 aromatic heterocycles. The zero-order valence-corrected chi connectivity index (χ0v) is 15.0. The summed E-state index contributed by atoms with van der Waals surface area (Å²) < 4.78 is 1.28. The highest BCUT2D eigenvalue weighted by atomic mass is 127. The predicted molar refractivity (Wildman–Crippen MR) is 95.1 cm³/mol. The molecule has 2 rings (SSSR count).